The van der Waals surface area contributed by atoms with Gasteiger partial charge in [0.2, 0.25) is 0 Å². The first kappa shape index (κ1) is 6.95. The lowest BCUT2D eigenvalue weighted by atomic mass is 10.2. The third kappa shape index (κ3) is 2.62. The zero-order valence-electron chi connectivity index (χ0n) is 4.02. The summed E-state index contributed by atoms with van der Waals surface area (Å²) in [5.74, 6) is -0.252. The average molecular weight is 122 g/mol. The quantitative estimate of drug-likeness (QED) is 0.428. The molecule has 0 aliphatic carbocycles. The van der Waals surface area contributed by atoms with Crippen molar-refractivity contribution in [2.45, 2.75) is 6.92 Å². The third-order valence-corrected chi connectivity index (χ3v) is 1.21. The van der Waals surface area contributed by atoms with Crippen LogP contribution in [0, 0.1) is 5.92 Å². The fraction of sp³-hybridized carbons (Fsp3) is 0.750. The maximum absolute atomic E-state index is 11.4. The molecule has 1 atom stereocenters. The van der Waals surface area contributed by atoms with E-state index in [9.17, 15) is 9.18 Å². The molecule has 0 amide bonds. The first-order chi connectivity index (χ1) is 3.18. The second-order valence-electron chi connectivity index (χ2n) is 1.39. The van der Waals surface area contributed by atoms with Gasteiger partial charge in [0.25, 0.3) is 0 Å². The van der Waals surface area contributed by atoms with Gasteiger partial charge >= 0.3 is 6.04 Å². The molecule has 0 aliphatic rings. The molecular formula is C4H7FOS. The van der Waals surface area contributed by atoms with Crippen molar-refractivity contribution in [1.29, 1.82) is 0 Å². The molecule has 0 N–H and O–H groups in total. The average Bonchev–Trinajstić information content (AvgIpc) is 1.65. The highest BCUT2D eigenvalue weighted by molar-refractivity contribution is 7.80. The van der Waals surface area contributed by atoms with Gasteiger partial charge < -0.3 is 0 Å². The van der Waals surface area contributed by atoms with Crippen molar-refractivity contribution in [1.82, 2.24) is 0 Å². The fourth-order valence-corrected chi connectivity index (χ4v) is 0.215. The van der Waals surface area contributed by atoms with Crippen LogP contribution in [0.3, 0.4) is 0 Å². The molecule has 7 heavy (non-hydrogen) atoms. The molecule has 42 valence electrons. The van der Waals surface area contributed by atoms with E-state index in [4.69, 9.17) is 0 Å². The van der Waals surface area contributed by atoms with Crippen LogP contribution in [0.1, 0.15) is 6.92 Å². The Morgan fingerprint density at radius 1 is 2.00 bits per heavy atom. The van der Waals surface area contributed by atoms with Crippen molar-refractivity contribution >= 4 is 18.7 Å². The second-order valence-corrected chi connectivity index (χ2v) is 1.75. The molecular weight excluding hydrogens is 115 g/mol. The van der Waals surface area contributed by atoms with Crippen LogP contribution in [-0.2, 0) is 4.79 Å². The maximum atomic E-state index is 11.4. The minimum absolute atomic E-state index is 0.287. The van der Waals surface area contributed by atoms with Crippen LogP contribution in [0.15, 0.2) is 0 Å². The summed E-state index contributed by atoms with van der Waals surface area (Å²) < 4.78 is 11.4. The van der Waals surface area contributed by atoms with Gasteiger partial charge in [0, 0.05) is 5.75 Å². The Kier molecular flexibility index (Phi) is 3.00. The SMILES string of the molecule is CC(CS)C(=O)F. The molecule has 0 spiro atoms. The van der Waals surface area contributed by atoms with Gasteiger partial charge in [0.1, 0.15) is 0 Å². The van der Waals surface area contributed by atoms with E-state index in [0.29, 0.717) is 0 Å². The number of thiol groups is 1. The van der Waals surface area contributed by atoms with Crippen LogP contribution in [0.4, 0.5) is 4.39 Å². The van der Waals surface area contributed by atoms with Crippen molar-refractivity contribution in [3.8, 4) is 0 Å². The van der Waals surface area contributed by atoms with Crippen molar-refractivity contribution in [2.24, 2.45) is 5.92 Å². The smallest absolute Gasteiger partial charge is 0.261 e. The Morgan fingerprint density at radius 3 is 2.43 bits per heavy atom. The molecule has 0 fully saturated rings. The van der Waals surface area contributed by atoms with Crippen LogP contribution >= 0.6 is 12.6 Å². The van der Waals surface area contributed by atoms with E-state index in [1.807, 2.05) is 0 Å². The maximum Gasteiger partial charge on any atom is 0.305 e. The summed E-state index contributed by atoms with van der Waals surface area (Å²) in [7, 11) is 0. The molecule has 0 rings (SSSR count). The van der Waals surface area contributed by atoms with Gasteiger partial charge in [-0.2, -0.15) is 17.0 Å². The summed E-state index contributed by atoms with van der Waals surface area (Å²) in [6.45, 7) is 1.50. The predicted octanol–water partition coefficient (Wildman–Crippen LogP) is 1.05. The highest BCUT2D eigenvalue weighted by atomic mass is 32.1. The number of hydrogen-bond acceptors (Lipinski definition) is 2. The molecule has 0 aromatic carbocycles. The van der Waals surface area contributed by atoms with Crippen molar-refractivity contribution < 1.29 is 9.18 Å². The van der Waals surface area contributed by atoms with E-state index >= 15 is 0 Å². The molecule has 0 saturated heterocycles. The molecule has 0 radical (unpaired) electrons. The minimum atomic E-state index is -1.28. The molecule has 3 heteroatoms. The monoisotopic (exact) mass is 122 g/mol. The van der Waals surface area contributed by atoms with Gasteiger partial charge in [-0.1, -0.05) is 6.92 Å². The van der Waals surface area contributed by atoms with E-state index in [1.54, 1.807) is 0 Å². The summed E-state index contributed by atoms with van der Waals surface area (Å²) in [5.41, 5.74) is 0. The van der Waals surface area contributed by atoms with Crippen LogP contribution in [0.25, 0.3) is 0 Å². The van der Waals surface area contributed by atoms with Gasteiger partial charge in [0.05, 0.1) is 5.92 Å². The number of carbonyl (C=O) groups excluding carboxylic acids is 1. The topological polar surface area (TPSA) is 17.1 Å². The highest BCUT2D eigenvalue weighted by Gasteiger charge is 2.07. The second kappa shape index (κ2) is 3.02. The lowest BCUT2D eigenvalue weighted by Gasteiger charge is -1.93. The van der Waals surface area contributed by atoms with E-state index in [1.165, 1.54) is 6.92 Å². The van der Waals surface area contributed by atoms with Crippen molar-refractivity contribution in [3.63, 3.8) is 0 Å². The largest absolute Gasteiger partial charge is 0.305 e. The Bertz CT molecular complexity index is 74.1. The highest BCUT2D eigenvalue weighted by Crippen LogP contribution is 1.98. The molecule has 1 nitrogen and oxygen atoms in total. The number of halogens is 1. The molecule has 0 saturated carbocycles. The summed E-state index contributed by atoms with van der Waals surface area (Å²) in [6, 6.07) is -1.28. The number of carbonyl (C=O) groups is 1. The lowest BCUT2D eigenvalue weighted by Crippen LogP contribution is -2.05. The zero-order chi connectivity index (χ0) is 5.86. The normalized spacial score (nSPS) is 13.6. The van der Waals surface area contributed by atoms with E-state index < -0.39 is 12.0 Å². The molecule has 1 unspecified atom stereocenters. The van der Waals surface area contributed by atoms with E-state index in [-0.39, 0.29) is 5.75 Å². The Morgan fingerprint density at radius 2 is 2.43 bits per heavy atom. The number of hydrogen-bond donors (Lipinski definition) is 1. The van der Waals surface area contributed by atoms with Gasteiger partial charge in [-0.05, 0) is 0 Å². The lowest BCUT2D eigenvalue weighted by molar-refractivity contribution is -0.132. The van der Waals surface area contributed by atoms with Crippen molar-refractivity contribution in [2.75, 3.05) is 5.75 Å². The van der Waals surface area contributed by atoms with Gasteiger partial charge in [-0.25, -0.2) is 0 Å². The van der Waals surface area contributed by atoms with E-state index in [0.717, 1.165) is 0 Å². The van der Waals surface area contributed by atoms with Gasteiger partial charge in [-0.3, -0.25) is 4.79 Å². The Balaban J connectivity index is 3.34. The fourth-order valence-electron chi connectivity index (χ4n) is 0.0718. The van der Waals surface area contributed by atoms with Gasteiger partial charge in [0.15, 0.2) is 0 Å². The van der Waals surface area contributed by atoms with E-state index in [2.05, 4.69) is 12.6 Å². The standard InChI is InChI=1S/C4H7FOS/c1-3(2-7)4(5)6/h3,7H,2H2,1H3. The first-order valence-corrected chi connectivity index (χ1v) is 2.62. The Hall–Kier alpha value is -0.0500. The van der Waals surface area contributed by atoms with Crippen LogP contribution < -0.4 is 0 Å². The Labute approximate surface area is 47.3 Å². The molecule has 0 aromatic heterocycles. The van der Waals surface area contributed by atoms with Crippen LogP contribution in [-0.4, -0.2) is 11.8 Å². The summed E-state index contributed by atoms with van der Waals surface area (Å²) in [4.78, 5) is 9.66. The molecule has 0 bridgehead atoms. The van der Waals surface area contributed by atoms with Crippen LogP contribution in [0.5, 0.6) is 0 Å². The van der Waals surface area contributed by atoms with Gasteiger partial charge in [-0.15, -0.1) is 0 Å². The third-order valence-electron chi connectivity index (χ3n) is 0.661. The van der Waals surface area contributed by atoms with Crippen LogP contribution in [0.2, 0.25) is 0 Å². The molecule has 0 aromatic rings. The van der Waals surface area contributed by atoms with Crippen molar-refractivity contribution in [3.05, 3.63) is 0 Å². The summed E-state index contributed by atoms with van der Waals surface area (Å²) in [5, 5.41) is 0. The first-order valence-electron chi connectivity index (χ1n) is 1.98. The molecule has 0 heterocycles. The summed E-state index contributed by atoms with van der Waals surface area (Å²) >= 11 is 3.69. The predicted molar refractivity (Wildman–Crippen MR) is 29.1 cm³/mol. The minimum Gasteiger partial charge on any atom is -0.261 e. The summed E-state index contributed by atoms with van der Waals surface area (Å²) in [6.07, 6.45) is 0. The molecule has 0 aliphatic heterocycles. The zero-order valence-corrected chi connectivity index (χ0v) is 4.91. The number of rotatable bonds is 2.